The van der Waals surface area contributed by atoms with Gasteiger partial charge in [-0.05, 0) is 18.4 Å². The summed E-state index contributed by atoms with van der Waals surface area (Å²) in [6, 6.07) is 10.3. The van der Waals surface area contributed by atoms with Crippen molar-refractivity contribution in [1.82, 2.24) is 4.98 Å². The van der Waals surface area contributed by atoms with Crippen LogP contribution in [-0.4, -0.2) is 16.6 Å². The van der Waals surface area contributed by atoms with Crippen molar-refractivity contribution in [2.45, 2.75) is 12.8 Å². The van der Waals surface area contributed by atoms with Crippen LogP contribution < -0.4 is 0 Å². The van der Waals surface area contributed by atoms with E-state index in [-0.39, 0.29) is 12.4 Å². The molecule has 0 spiro atoms. The second-order valence-corrected chi connectivity index (χ2v) is 4.15. The van der Waals surface area contributed by atoms with Crippen LogP contribution >= 0.6 is 0 Å². The number of aromatic nitrogens is 1. The molecule has 0 N–H and O–H groups in total. The van der Waals surface area contributed by atoms with Crippen molar-refractivity contribution in [2.75, 3.05) is 6.67 Å². The molecule has 0 atom stereocenters. The van der Waals surface area contributed by atoms with Crippen molar-refractivity contribution in [2.24, 2.45) is 0 Å². The second kappa shape index (κ2) is 6.04. The molecule has 4 nitrogen and oxygen atoms in total. The van der Waals surface area contributed by atoms with Crippen molar-refractivity contribution < 1.29 is 9.31 Å². The molecular formula is C14H13FN2O2. The predicted octanol–water partition coefficient (Wildman–Crippen LogP) is 3.56. The van der Waals surface area contributed by atoms with Crippen molar-refractivity contribution >= 4 is 5.69 Å². The van der Waals surface area contributed by atoms with E-state index in [9.17, 15) is 14.5 Å². The van der Waals surface area contributed by atoms with Crippen molar-refractivity contribution in [3.05, 3.63) is 58.3 Å². The summed E-state index contributed by atoms with van der Waals surface area (Å²) < 4.78 is 12.1. The van der Waals surface area contributed by atoms with Crippen LogP contribution in [-0.2, 0) is 6.42 Å². The van der Waals surface area contributed by atoms with Gasteiger partial charge in [0.2, 0.25) is 0 Å². The van der Waals surface area contributed by atoms with Gasteiger partial charge in [-0.2, -0.15) is 0 Å². The number of rotatable bonds is 5. The minimum atomic E-state index is -0.444. The summed E-state index contributed by atoms with van der Waals surface area (Å²) >= 11 is 0. The monoisotopic (exact) mass is 260 g/mol. The molecule has 5 heteroatoms. The van der Waals surface area contributed by atoms with Gasteiger partial charge in [-0.3, -0.25) is 19.5 Å². The van der Waals surface area contributed by atoms with Crippen LogP contribution in [0.3, 0.4) is 0 Å². The largest absolute Gasteiger partial charge is 0.273 e. The minimum absolute atomic E-state index is 0.0199. The molecule has 0 bridgehead atoms. The molecule has 0 aliphatic carbocycles. The number of alkyl halides is 1. The van der Waals surface area contributed by atoms with E-state index < -0.39 is 4.92 Å². The average molecular weight is 260 g/mol. The molecule has 0 aliphatic rings. The van der Waals surface area contributed by atoms with E-state index in [0.717, 1.165) is 11.1 Å². The number of halogens is 1. The normalized spacial score (nSPS) is 10.4. The first-order chi connectivity index (χ1) is 9.20. The molecule has 2 aromatic rings. The van der Waals surface area contributed by atoms with Crippen LogP contribution in [0.4, 0.5) is 10.1 Å². The fraction of sp³-hybridized carbons (Fsp3) is 0.214. The summed E-state index contributed by atoms with van der Waals surface area (Å²) in [6.45, 7) is -0.325. The highest BCUT2D eigenvalue weighted by Crippen LogP contribution is 2.22. The molecule has 0 fully saturated rings. The molecule has 0 amide bonds. The lowest BCUT2D eigenvalue weighted by Crippen LogP contribution is -1.91. The lowest BCUT2D eigenvalue weighted by molar-refractivity contribution is -0.384. The van der Waals surface area contributed by atoms with Gasteiger partial charge in [0.05, 0.1) is 17.3 Å². The van der Waals surface area contributed by atoms with Crippen LogP contribution in [0.5, 0.6) is 0 Å². The summed E-state index contributed by atoms with van der Waals surface area (Å²) in [5, 5.41) is 10.7. The molecule has 0 unspecified atom stereocenters. The zero-order chi connectivity index (χ0) is 13.7. The van der Waals surface area contributed by atoms with E-state index in [4.69, 9.17) is 0 Å². The Morgan fingerprint density at radius 2 is 1.95 bits per heavy atom. The van der Waals surface area contributed by atoms with Gasteiger partial charge in [0.15, 0.2) is 0 Å². The van der Waals surface area contributed by atoms with E-state index in [1.54, 1.807) is 0 Å². The van der Waals surface area contributed by atoms with E-state index in [0.29, 0.717) is 18.5 Å². The van der Waals surface area contributed by atoms with Gasteiger partial charge < -0.3 is 0 Å². The van der Waals surface area contributed by atoms with E-state index >= 15 is 0 Å². The maximum absolute atomic E-state index is 12.1. The molecule has 1 aromatic carbocycles. The van der Waals surface area contributed by atoms with Gasteiger partial charge in [0, 0.05) is 23.9 Å². The number of nitro groups is 1. The van der Waals surface area contributed by atoms with Crippen LogP contribution in [0.1, 0.15) is 12.0 Å². The van der Waals surface area contributed by atoms with Crippen LogP contribution in [0.2, 0.25) is 0 Å². The number of benzene rings is 1. The molecule has 2 rings (SSSR count). The Hall–Kier alpha value is -2.30. The highest BCUT2D eigenvalue weighted by molar-refractivity contribution is 5.61. The molecule has 0 radical (unpaired) electrons. The molecule has 0 saturated carbocycles. The maximum Gasteiger partial charge on any atom is 0.273 e. The van der Waals surface area contributed by atoms with Crippen LogP contribution in [0.15, 0.2) is 42.6 Å². The molecule has 0 aliphatic heterocycles. The Morgan fingerprint density at radius 1 is 1.21 bits per heavy atom. The highest BCUT2D eigenvalue weighted by Gasteiger charge is 2.08. The molecule has 19 heavy (non-hydrogen) atoms. The Bertz CT molecular complexity index is 570. The fourth-order valence-corrected chi connectivity index (χ4v) is 1.80. The quantitative estimate of drug-likeness (QED) is 0.610. The van der Waals surface area contributed by atoms with Gasteiger partial charge in [-0.15, -0.1) is 0 Å². The number of hydrogen-bond acceptors (Lipinski definition) is 3. The smallest absolute Gasteiger partial charge is 0.258 e. The van der Waals surface area contributed by atoms with Crippen molar-refractivity contribution in [3.63, 3.8) is 0 Å². The molecule has 1 heterocycles. The highest BCUT2D eigenvalue weighted by atomic mass is 19.1. The lowest BCUT2D eigenvalue weighted by Gasteiger charge is -2.03. The molecular weight excluding hydrogens is 247 g/mol. The summed E-state index contributed by atoms with van der Waals surface area (Å²) in [5.41, 5.74) is 2.44. The second-order valence-electron chi connectivity index (χ2n) is 4.15. The SMILES string of the molecule is O=[N+]([O-])c1ccnc(-c2ccc(CCCF)cc2)c1. The zero-order valence-electron chi connectivity index (χ0n) is 10.3. The third-order valence-corrected chi connectivity index (χ3v) is 2.80. The third kappa shape index (κ3) is 3.34. The van der Waals surface area contributed by atoms with Gasteiger partial charge in [-0.1, -0.05) is 24.3 Å². The van der Waals surface area contributed by atoms with E-state index in [1.807, 2.05) is 24.3 Å². The zero-order valence-corrected chi connectivity index (χ0v) is 10.3. The standard InChI is InChI=1S/C14H13FN2O2/c15-8-1-2-11-3-5-12(6-4-11)14-10-13(17(18)19)7-9-16-14/h3-7,9-10H,1-2,8H2. The Balaban J connectivity index is 2.22. The first-order valence-electron chi connectivity index (χ1n) is 5.96. The van der Waals surface area contributed by atoms with E-state index in [2.05, 4.69) is 4.98 Å². The molecule has 1 aromatic heterocycles. The maximum atomic E-state index is 12.1. The third-order valence-electron chi connectivity index (χ3n) is 2.80. The van der Waals surface area contributed by atoms with Crippen molar-refractivity contribution in [1.29, 1.82) is 0 Å². The Morgan fingerprint density at radius 3 is 2.58 bits per heavy atom. The molecule has 0 saturated heterocycles. The van der Waals surface area contributed by atoms with Gasteiger partial charge in [0.25, 0.3) is 5.69 Å². The number of hydrogen-bond donors (Lipinski definition) is 0. The fourth-order valence-electron chi connectivity index (χ4n) is 1.80. The van der Waals surface area contributed by atoms with Crippen LogP contribution in [0, 0.1) is 10.1 Å². The molecule has 98 valence electrons. The average Bonchev–Trinajstić information content (AvgIpc) is 2.46. The first kappa shape index (κ1) is 13.1. The number of aryl methyl sites for hydroxylation is 1. The topological polar surface area (TPSA) is 56.0 Å². The Kier molecular flexibility index (Phi) is 4.18. The van der Waals surface area contributed by atoms with Crippen molar-refractivity contribution in [3.8, 4) is 11.3 Å². The summed E-state index contributed by atoms with van der Waals surface area (Å²) in [5.74, 6) is 0. The minimum Gasteiger partial charge on any atom is -0.258 e. The first-order valence-corrected chi connectivity index (χ1v) is 5.96. The summed E-state index contributed by atoms with van der Waals surface area (Å²) in [6.07, 6.45) is 2.62. The number of nitrogens with zero attached hydrogens (tertiary/aromatic N) is 2. The summed E-state index contributed by atoms with van der Waals surface area (Å²) in [7, 11) is 0. The van der Waals surface area contributed by atoms with Gasteiger partial charge in [0.1, 0.15) is 0 Å². The van der Waals surface area contributed by atoms with Gasteiger partial charge >= 0.3 is 0 Å². The summed E-state index contributed by atoms with van der Waals surface area (Å²) in [4.78, 5) is 14.4. The predicted molar refractivity (Wildman–Crippen MR) is 70.6 cm³/mol. The Labute approximate surface area is 110 Å². The number of pyridine rings is 1. The van der Waals surface area contributed by atoms with Crippen LogP contribution in [0.25, 0.3) is 11.3 Å². The lowest BCUT2D eigenvalue weighted by atomic mass is 10.1. The van der Waals surface area contributed by atoms with Gasteiger partial charge in [-0.25, -0.2) is 0 Å². The van der Waals surface area contributed by atoms with E-state index in [1.165, 1.54) is 18.3 Å².